The number of hydrogen-bond acceptors (Lipinski definition) is 2. The van der Waals surface area contributed by atoms with Crippen LogP contribution in [-0.2, 0) is 0 Å². The molecule has 0 spiro atoms. The molecule has 0 fully saturated rings. The standard InChI is InChI=1S/C14H11NO/c1-16-14-8-4-7-13-11(14)9-10-5-2-3-6-12(10)15-13/h2-9H,1H3. The van der Waals surface area contributed by atoms with Crippen LogP contribution >= 0.6 is 0 Å². The Labute approximate surface area is 93.5 Å². The third-order valence-electron chi connectivity index (χ3n) is 2.74. The number of pyridine rings is 1. The maximum absolute atomic E-state index is 5.34. The Morgan fingerprint density at radius 3 is 2.62 bits per heavy atom. The van der Waals surface area contributed by atoms with Crippen molar-refractivity contribution in [2.75, 3.05) is 7.11 Å². The maximum atomic E-state index is 5.34. The summed E-state index contributed by atoms with van der Waals surface area (Å²) >= 11 is 0. The van der Waals surface area contributed by atoms with Gasteiger partial charge >= 0.3 is 0 Å². The van der Waals surface area contributed by atoms with Gasteiger partial charge in [0.05, 0.1) is 18.1 Å². The molecule has 2 nitrogen and oxygen atoms in total. The van der Waals surface area contributed by atoms with Crippen molar-refractivity contribution in [2.24, 2.45) is 0 Å². The molecule has 0 atom stereocenters. The number of aromatic nitrogens is 1. The summed E-state index contributed by atoms with van der Waals surface area (Å²) in [7, 11) is 1.68. The molecule has 0 amide bonds. The Morgan fingerprint density at radius 1 is 0.938 bits per heavy atom. The fourth-order valence-electron chi connectivity index (χ4n) is 1.95. The van der Waals surface area contributed by atoms with Gasteiger partial charge in [-0.2, -0.15) is 0 Å². The van der Waals surface area contributed by atoms with E-state index in [1.807, 2.05) is 36.4 Å². The van der Waals surface area contributed by atoms with Crippen LogP contribution in [0, 0.1) is 0 Å². The van der Waals surface area contributed by atoms with Crippen molar-refractivity contribution in [3.63, 3.8) is 0 Å². The number of benzene rings is 2. The molecule has 78 valence electrons. The van der Waals surface area contributed by atoms with Crippen molar-refractivity contribution < 1.29 is 4.74 Å². The van der Waals surface area contributed by atoms with Crippen molar-refractivity contribution in [1.29, 1.82) is 0 Å². The highest BCUT2D eigenvalue weighted by Gasteiger charge is 2.03. The number of methoxy groups -OCH3 is 1. The lowest BCUT2D eigenvalue weighted by Crippen LogP contribution is -1.87. The molecule has 3 rings (SSSR count). The molecule has 1 aromatic heterocycles. The largest absolute Gasteiger partial charge is 0.496 e. The van der Waals surface area contributed by atoms with Crippen molar-refractivity contribution in [3.8, 4) is 5.75 Å². The van der Waals surface area contributed by atoms with Crippen molar-refractivity contribution in [1.82, 2.24) is 4.98 Å². The topological polar surface area (TPSA) is 22.1 Å². The number of ether oxygens (including phenoxy) is 1. The fourth-order valence-corrected chi connectivity index (χ4v) is 1.95. The first-order chi connectivity index (χ1) is 7.88. The van der Waals surface area contributed by atoms with Gasteiger partial charge in [-0.05, 0) is 24.3 Å². The molecule has 1 heterocycles. The van der Waals surface area contributed by atoms with Gasteiger partial charge in [0.1, 0.15) is 5.75 Å². The van der Waals surface area contributed by atoms with Crippen LogP contribution in [0.15, 0.2) is 48.5 Å². The molecule has 0 radical (unpaired) electrons. The van der Waals surface area contributed by atoms with E-state index in [-0.39, 0.29) is 0 Å². The quantitative estimate of drug-likeness (QED) is 0.573. The predicted octanol–water partition coefficient (Wildman–Crippen LogP) is 3.40. The number of para-hydroxylation sites is 1. The summed E-state index contributed by atoms with van der Waals surface area (Å²) < 4.78 is 5.34. The molecule has 2 aromatic carbocycles. The first kappa shape index (κ1) is 9.16. The van der Waals surface area contributed by atoms with Gasteiger partial charge < -0.3 is 4.74 Å². The Bertz CT molecular complexity index is 661. The van der Waals surface area contributed by atoms with E-state index in [4.69, 9.17) is 4.74 Å². The summed E-state index contributed by atoms with van der Waals surface area (Å²) in [5, 5.41) is 2.20. The van der Waals surface area contributed by atoms with E-state index in [0.717, 1.165) is 27.6 Å². The van der Waals surface area contributed by atoms with E-state index in [2.05, 4.69) is 17.1 Å². The van der Waals surface area contributed by atoms with Crippen LogP contribution in [0.1, 0.15) is 0 Å². The second-order valence-electron chi connectivity index (χ2n) is 3.71. The second kappa shape index (κ2) is 3.49. The average Bonchev–Trinajstić information content (AvgIpc) is 2.35. The third-order valence-corrected chi connectivity index (χ3v) is 2.74. The zero-order chi connectivity index (χ0) is 11.0. The summed E-state index contributed by atoms with van der Waals surface area (Å²) in [5.41, 5.74) is 1.99. The predicted molar refractivity (Wildman–Crippen MR) is 65.8 cm³/mol. The zero-order valence-corrected chi connectivity index (χ0v) is 8.97. The van der Waals surface area contributed by atoms with E-state index < -0.39 is 0 Å². The maximum Gasteiger partial charge on any atom is 0.128 e. The first-order valence-electron chi connectivity index (χ1n) is 5.21. The van der Waals surface area contributed by atoms with Crippen LogP contribution in [-0.4, -0.2) is 12.1 Å². The van der Waals surface area contributed by atoms with E-state index in [9.17, 15) is 0 Å². The highest BCUT2D eigenvalue weighted by Crippen LogP contribution is 2.27. The van der Waals surface area contributed by atoms with Crippen LogP contribution < -0.4 is 4.74 Å². The highest BCUT2D eigenvalue weighted by molar-refractivity contribution is 5.95. The van der Waals surface area contributed by atoms with E-state index in [1.165, 1.54) is 0 Å². The van der Waals surface area contributed by atoms with Gasteiger partial charge in [0.15, 0.2) is 0 Å². The molecule has 3 aromatic rings. The molecule has 0 aliphatic heterocycles. The molecule has 2 heteroatoms. The normalized spacial score (nSPS) is 10.8. The van der Waals surface area contributed by atoms with Gasteiger partial charge in [0, 0.05) is 10.8 Å². The highest BCUT2D eigenvalue weighted by atomic mass is 16.5. The molecule has 16 heavy (non-hydrogen) atoms. The van der Waals surface area contributed by atoms with Crippen molar-refractivity contribution in [3.05, 3.63) is 48.5 Å². The van der Waals surface area contributed by atoms with Crippen LogP contribution in [0.5, 0.6) is 5.75 Å². The molecule has 0 saturated heterocycles. The van der Waals surface area contributed by atoms with Crippen LogP contribution in [0.2, 0.25) is 0 Å². The molecule has 0 bridgehead atoms. The number of rotatable bonds is 1. The summed E-state index contributed by atoms with van der Waals surface area (Å²) in [6, 6.07) is 16.2. The smallest absolute Gasteiger partial charge is 0.128 e. The molecular formula is C14H11NO. The van der Waals surface area contributed by atoms with Crippen LogP contribution in [0.4, 0.5) is 0 Å². The minimum Gasteiger partial charge on any atom is -0.496 e. The number of hydrogen-bond donors (Lipinski definition) is 0. The minimum atomic E-state index is 0.871. The van der Waals surface area contributed by atoms with Gasteiger partial charge in [-0.25, -0.2) is 4.98 Å². The van der Waals surface area contributed by atoms with Crippen LogP contribution in [0.3, 0.4) is 0 Å². The van der Waals surface area contributed by atoms with E-state index in [0.29, 0.717) is 0 Å². The Morgan fingerprint density at radius 2 is 1.75 bits per heavy atom. The average molecular weight is 209 g/mol. The third kappa shape index (κ3) is 1.31. The fraction of sp³-hybridized carbons (Fsp3) is 0.0714. The van der Waals surface area contributed by atoms with Gasteiger partial charge in [-0.3, -0.25) is 0 Å². The lowest BCUT2D eigenvalue weighted by molar-refractivity contribution is 0.420. The molecule has 0 N–H and O–H groups in total. The van der Waals surface area contributed by atoms with Crippen molar-refractivity contribution in [2.45, 2.75) is 0 Å². The van der Waals surface area contributed by atoms with Crippen molar-refractivity contribution >= 4 is 21.8 Å². The lowest BCUT2D eigenvalue weighted by Gasteiger charge is -2.05. The van der Waals surface area contributed by atoms with E-state index in [1.54, 1.807) is 7.11 Å². The Balaban J connectivity index is 2.46. The van der Waals surface area contributed by atoms with Gasteiger partial charge in [0.25, 0.3) is 0 Å². The monoisotopic (exact) mass is 209 g/mol. The molecule has 0 aliphatic carbocycles. The van der Waals surface area contributed by atoms with Gasteiger partial charge in [-0.1, -0.05) is 24.3 Å². The zero-order valence-electron chi connectivity index (χ0n) is 8.97. The van der Waals surface area contributed by atoms with E-state index >= 15 is 0 Å². The lowest BCUT2D eigenvalue weighted by atomic mass is 10.1. The van der Waals surface area contributed by atoms with Gasteiger partial charge in [-0.15, -0.1) is 0 Å². The SMILES string of the molecule is COc1cccc2nc3ccccc3cc12. The van der Waals surface area contributed by atoms with Crippen LogP contribution in [0.25, 0.3) is 21.8 Å². The van der Waals surface area contributed by atoms with Gasteiger partial charge in [0.2, 0.25) is 0 Å². The Kier molecular flexibility index (Phi) is 2.00. The summed E-state index contributed by atoms with van der Waals surface area (Å²) in [5.74, 6) is 0.871. The minimum absolute atomic E-state index is 0.871. The molecule has 0 aliphatic rings. The number of fused-ring (bicyclic) bond motifs is 2. The first-order valence-corrected chi connectivity index (χ1v) is 5.21. The molecular weight excluding hydrogens is 198 g/mol. The summed E-state index contributed by atoms with van der Waals surface area (Å²) in [6.45, 7) is 0. The molecule has 0 unspecified atom stereocenters. The Hall–Kier alpha value is -2.09. The molecule has 0 saturated carbocycles. The summed E-state index contributed by atoms with van der Waals surface area (Å²) in [4.78, 5) is 4.61. The number of nitrogens with zero attached hydrogens (tertiary/aromatic N) is 1. The summed E-state index contributed by atoms with van der Waals surface area (Å²) in [6.07, 6.45) is 0. The second-order valence-corrected chi connectivity index (χ2v) is 3.71.